The van der Waals surface area contributed by atoms with Crippen LogP contribution in [0.5, 0.6) is 0 Å². The number of rotatable bonds is 1. The Kier molecular flexibility index (Phi) is 2.02. The quantitative estimate of drug-likeness (QED) is 0.742. The topological polar surface area (TPSA) is 30.9 Å². The maximum absolute atomic E-state index is 5.98. The molecular formula is C10H11ClN2. The lowest BCUT2D eigenvalue weighted by Crippen LogP contribution is -1.95. The van der Waals surface area contributed by atoms with Crippen molar-refractivity contribution in [2.24, 2.45) is 12.8 Å². The summed E-state index contributed by atoms with van der Waals surface area (Å²) < 4.78 is 1.96. The zero-order valence-electron chi connectivity index (χ0n) is 7.42. The molecule has 0 unspecified atom stereocenters. The zero-order chi connectivity index (χ0) is 9.42. The van der Waals surface area contributed by atoms with Crippen molar-refractivity contribution in [3.05, 3.63) is 35.0 Å². The van der Waals surface area contributed by atoms with E-state index in [1.54, 1.807) is 0 Å². The van der Waals surface area contributed by atoms with Crippen LogP contribution in [0.4, 0.5) is 0 Å². The van der Waals surface area contributed by atoms with Crippen LogP contribution in [-0.2, 0) is 13.6 Å². The van der Waals surface area contributed by atoms with E-state index < -0.39 is 0 Å². The number of fused-ring (bicyclic) bond motifs is 1. The molecule has 13 heavy (non-hydrogen) atoms. The molecule has 1 heterocycles. The Labute approximate surface area is 81.9 Å². The Hall–Kier alpha value is -0.990. The molecule has 68 valence electrons. The van der Waals surface area contributed by atoms with E-state index in [1.165, 1.54) is 0 Å². The lowest BCUT2D eigenvalue weighted by atomic mass is 10.1. The second-order valence-corrected chi connectivity index (χ2v) is 3.51. The van der Waals surface area contributed by atoms with Gasteiger partial charge in [0.15, 0.2) is 0 Å². The molecule has 0 radical (unpaired) electrons. The highest BCUT2D eigenvalue weighted by molar-refractivity contribution is 6.30. The fraction of sp³-hybridized carbons (Fsp3) is 0.200. The van der Waals surface area contributed by atoms with E-state index in [9.17, 15) is 0 Å². The first-order valence-electron chi connectivity index (χ1n) is 4.16. The maximum Gasteiger partial charge on any atom is 0.109 e. The highest BCUT2D eigenvalue weighted by atomic mass is 35.5. The Morgan fingerprint density at radius 1 is 1.38 bits per heavy atom. The Bertz CT molecular complexity index is 445. The number of nitrogens with two attached hydrogens (primary N) is 1. The van der Waals surface area contributed by atoms with Crippen molar-refractivity contribution >= 4 is 22.5 Å². The van der Waals surface area contributed by atoms with Gasteiger partial charge in [0, 0.05) is 24.5 Å². The number of benzene rings is 1. The molecule has 0 saturated carbocycles. The Balaban J connectivity index is 2.73. The molecule has 0 atom stereocenters. The molecule has 0 aliphatic carbocycles. The van der Waals surface area contributed by atoms with Crippen molar-refractivity contribution < 1.29 is 0 Å². The van der Waals surface area contributed by atoms with Crippen LogP contribution in [0.2, 0.25) is 5.15 Å². The average molecular weight is 195 g/mol. The predicted octanol–water partition coefficient (Wildman–Crippen LogP) is 2.29. The van der Waals surface area contributed by atoms with Crippen LogP contribution in [0.1, 0.15) is 5.56 Å². The van der Waals surface area contributed by atoms with Crippen LogP contribution in [0.3, 0.4) is 0 Å². The second kappa shape index (κ2) is 3.05. The van der Waals surface area contributed by atoms with Crippen LogP contribution < -0.4 is 5.73 Å². The van der Waals surface area contributed by atoms with Crippen molar-refractivity contribution in [2.75, 3.05) is 0 Å². The average Bonchev–Trinajstić information content (AvgIpc) is 2.42. The molecule has 0 spiro atoms. The van der Waals surface area contributed by atoms with Gasteiger partial charge in [-0.3, -0.25) is 0 Å². The maximum atomic E-state index is 5.98. The second-order valence-electron chi connectivity index (χ2n) is 3.12. The summed E-state index contributed by atoms with van der Waals surface area (Å²) in [5.74, 6) is 0. The first-order valence-corrected chi connectivity index (χ1v) is 4.54. The van der Waals surface area contributed by atoms with Gasteiger partial charge in [-0.05, 0) is 23.8 Å². The van der Waals surface area contributed by atoms with Crippen LogP contribution in [0, 0.1) is 0 Å². The lowest BCUT2D eigenvalue weighted by Gasteiger charge is -1.99. The molecule has 2 N–H and O–H groups in total. The summed E-state index contributed by atoms with van der Waals surface area (Å²) in [6.07, 6.45) is 0. The van der Waals surface area contributed by atoms with Gasteiger partial charge in [0.1, 0.15) is 5.15 Å². The van der Waals surface area contributed by atoms with Gasteiger partial charge in [0.2, 0.25) is 0 Å². The van der Waals surface area contributed by atoms with Crippen LogP contribution in [0.15, 0.2) is 24.3 Å². The normalized spacial score (nSPS) is 11.0. The first-order chi connectivity index (χ1) is 6.22. The van der Waals surface area contributed by atoms with Gasteiger partial charge in [0.25, 0.3) is 0 Å². The van der Waals surface area contributed by atoms with Crippen molar-refractivity contribution in [1.29, 1.82) is 0 Å². The number of aryl methyl sites for hydroxylation is 1. The van der Waals surface area contributed by atoms with Crippen molar-refractivity contribution in [2.45, 2.75) is 6.54 Å². The number of aromatic nitrogens is 1. The standard InChI is InChI=1S/C10H11ClN2/c1-13-9-3-2-7(6-12)4-8(9)5-10(13)11/h2-5H,6,12H2,1H3. The molecule has 0 aliphatic heterocycles. The molecule has 0 amide bonds. The molecule has 0 bridgehead atoms. The molecule has 0 aliphatic rings. The van der Waals surface area contributed by atoms with Crippen LogP contribution in [0.25, 0.3) is 10.9 Å². The zero-order valence-corrected chi connectivity index (χ0v) is 8.17. The summed E-state index contributed by atoms with van der Waals surface area (Å²) in [5.41, 5.74) is 7.82. The van der Waals surface area contributed by atoms with Gasteiger partial charge >= 0.3 is 0 Å². The minimum Gasteiger partial charge on any atom is -0.335 e. The van der Waals surface area contributed by atoms with Gasteiger partial charge < -0.3 is 10.3 Å². The summed E-state index contributed by atoms with van der Waals surface area (Å²) in [6.45, 7) is 0.572. The third-order valence-corrected chi connectivity index (χ3v) is 2.65. The smallest absolute Gasteiger partial charge is 0.109 e. The monoisotopic (exact) mass is 194 g/mol. The highest BCUT2D eigenvalue weighted by Gasteiger charge is 2.03. The fourth-order valence-electron chi connectivity index (χ4n) is 1.49. The van der Waals surface area contributed by atoms with Gasteiger partial charge in [0.05, 0.1) is 0 Å². The lowest BCUT2D eigenvalue weighted by molar-refractivity contribution is 0.969. The molecular weight excluding hydrogens is 184 g/mol. The van der Waals surface area contributed by atoms with Crippen LogP contribution >= 0.6 is 11.6 Å². The van der Waals surface area contributed by atoms with E-state index >= 15 is 0 Å². The molecule has 1 aromatic carbocycles. The van der Waals surface area contributed by atoms with Gasteiger partial charge in [-0.25, -0.2) is 0 Å². The summed E-state index contributed by atoms with van der Waals surface area (Å²) in [5, 5.41) is 1.90. The molecule has 1 aromatic heterocycles. The SMILES string of the molecule is Cn1c(Cl)cc2cc(CN)ccc21. The third kappa shape index (κ3) is 1.32. The number of nitrogens with zero attached hydrogens (tertiary/aromatic N) is 1. The number of halogens is 1. The van der Waals surface area contributed by atoms with E-state index in [4.69, 9.17) is 17.3 Å². The van der Waals surface area contributed by atoms with E-state index in [2.05, 4.69) is 6.07 Å². The molecule has 2 rings (SSSR count). The van der Waals surface area contributed by atoms with E-state index in [-0.39, 0.29) is 0 Å². The Morgan fingerprint density at radius 2 is 2.15 bits per heavy atom. The minimum absolute atomic E-state index is 0.572. The summed E-state index contributed by atoms with van der Waals surface area (Å²) >= 11 is 5.98. The van der Waals surface area contributed by atoms with Crippen molar-refractivity contribution in [3.8, 4) is 0 Å². The van der Waals surface area contributed by atoms with E-state index in [0.717, 1.165) is 21.6 Å². The van der Waals surface area contributed by atoms with Crippen molar-refractivity contribution in [3.63, 3.8) is 0 Å². The largest absolute Gasteiger partial charge is 0.335 e. The first kappa shape index (κ1) is 8.60. The van der Waals surface area contributed by atoms with Gasteiger partial charge in [-0.1, -0.05) is 17.7 Å². The third-order valence-electron chi connectivity index (χ3n) is 2.28. The fourth-order valence-corrected chi connectivity index (χ4v) is 1.70. The Morgan fingerprint density at radius 3 is 2.85 bits per heavy atom. The summed E-state index contributed by atoms with van der Waals surface area (Å²) in [7, 11) is 1.95. The molecule has 0 saturated heterocycles. The van der Waals surface area contributed by atoms with E-state index in [0.29, 0.717) is 6.54 Å². The van der Waals surface area contributed by atoms with Gasteiger partial charge in [-0.15, -0.1) is 0 Å². The number of hydrogen-bond acceptors (Lipinski definition) is 1. The molecule has 3 heteroatoms. The molecule has 0 fully saturated rings. The molecule has 2 aromatic rings. The van der Waals surface area contributed by atoms with Gasteiger partial charge in [-0.2, -0.15) is 0 Å². The highest BCUT2D eigenvalue weighted by Crippen LogP contribution is 2.22. The summed E-state index contributed by atoms with van der Waals surface area (Å²) in [4.78, 5) is 0. The van der Waals surface area contributed by atoms with Crippen molar-refractivity contribution in [1.82, 2.24) is 4.57 Å². The number of hydrogen-bond donors (Lipinski definition) is 1. The minimum atomic E-state index is 0.572. The van der Waals surface area contributed by atoms with E-state index in [1.807, 2.05) is 29.8 Å². The molecule has 2 nitrogen and oxygen atoms in total. The summed E-state index contributed by atoms with van der Waals surface area (Å²) in [6, 6.07) is 8.10. The predicted molar refractivity (Wildman–Crippen MR) is 55.8 cm³/mol. The van der Waals surface area contributed by atoms with Crippen LogP contribution in [-0.4, -0.2) is 4.57 Å².